The summed E-state index contributed by atoms with van der Waals surface area (Å²) in [4.78, 5) is 22.2. The molecule has 0 bridgehead atoms. The largest absolute Gasteiger partial charge is 0.380 e. The summed E-state index contributed by atoms with van der Waals surface area (Å²) in [5, 5.41) is 5.50. The summed E-state index contributed by atoms with van der Waals surface area (Å²) in [6.07, 6.45) is 0. The fraction of sp³-hybridized carbons (Fsp3) is 0.125. The molecule has 2 rings (SSSR count). The summed E-state index contributed by atoms with van der Waals surface area (Å²) in [6.45, 7) is 1.74. The zero-order valence-electron chi connectivity index (χ0n) is 12.0. The Morgan fingerprint density at radius 3 is 2.41 bits per heavy atom. The van der Waals surface area contributed by atoms with E-state index in [1.165, 1.54) is 13.0 Å². The Morgan fingerprint density at radius 2 is 1.82 bits per heavy atom. The molecule has 114 valence electrons. The van der Waals surface area contributed by atoms with Crippen LogP contribution in [-0.2, 0) is 6.54 Å². The third-order valence-corrected chi connectivity index (χ3v) is 3.07. The fourth-order valence-corrected chi connectivity index (χ4v) is 2.07. The van der Waals surface area contributed by atoms with Crippen molar-refractivity contribution in [3.8, 4) is 0 Å². The Morgan fingerprint density at radius 1 is 1.14 bits per heavy atom. The second-order valence-electron chi connectivity index (χ2n) is 4.76. The standard InChI is InChI=1S/C16H16FN3O2/c1-10(21)15-13(17)3-2-4-14(15)19-9-11-5-7-12(8-6-11)20-16(18)22/h2-8,19H,9H2,1H3,(H3,18,20,22). The predicted octanol–water partition coefficient (Wildman–Crippen LogP) is 3.13. The number of hydrogen-bond donors (Lipinski definition) is 3. The number of Topliss-reactive ketones (excluding diaryl/α,β-unsaturated/α-hetero) is 1. The number of nitrogens with two attached hydrogens (primary N) is 1. The number of amides is 2. The van der Waals surface area contributed by atoms with Crippen molar-refractivity contribution in [3.63, 3.8) is 0 Å². The fourth-order valence-electron chi connectivity index (χ4n) is 2.07. The van der Waals surface area contributed by atoms with Gasteiger partial charge in [0.25, 0.3) is 0 Å². The molecular weight excluding hydrogens is 285 g/mol. The lowest BCUT2D eigenvalue weighted by Gasteiger charge is -2.11. The van der Waals surface area contributed by atoms with Gasteiger partial charge in [-0.05, 0) is 36.8 Å². The molecule has 0 heterocycles. The Labute approximate surface area is 127 Å². The second-order valence-corrected chi connectivity index (χ2v) is 4.76. The van der Waals surface area contributed by atoms with Crippen LogP contribution in [0.3, 0.4) is 0 Å². The van der Waals surface area contributed by atoms with Gasteiger partial charge in [0.1, 0.15) is 5.82 Å². The molecule has 0 saturated carbocycles. The molecule has 2 amide bonds. The third kappa shape index (κ3) is 3.82. The molecule has 2 aromatic rings. The number of ketones is 1. The normalized spacial score (nSPS) is 10.1. The number of carbonyl (C=O) groups excluding carboxylic acids is 2. The Kier molecular flexibility index (Phi) is 4.73. The average molecular weight is 301 g/mol. The van der Waals surface area contributed by atoms with E-state index in [-0.39, 0.29) is 11.3 Å². The topological polar surface area (TPSA) is 84.2 Å². The molecule has 6 heteroatoms. The number of hydrogen-bond acceptors (Lipinski definition) is 3. The zero-order chi connectivity index (χ0) is 16.1. The highest BCUT2D eigenvalue weighted by molar-refractivity contribution is 5.99. The minimum absolute atomic E-state index is 0.0505. The van der Waals surface area contributed by atoms with Crippen molar-refractivity contribution in [2.75, 3.05) is 10.6 Å². The van der Waals surface area contributed by atoms with Crippen molar-refractivity contribution in [2.45, 2.75) is 13.5 Å². The summed E-state index contributed by atoms with van der Waals surface area (Å²) in [5.41, 5.74) is 7.03. The molecule has 0 aromatic heterocycles. The molecule has 0 aliphatic heterocycles. The highest BCUT2D eigenvalue weighted by Crippen LogP contribution is 2.20. The third-order valence-electron chi connectivity index (χ3n) is 3.07. The molecular formula is C16H16FN3O2. The van der Waals surface area contributed by atoms with E-state index in [0.717, 1.165) is 5.56 Å². The molecule has 22 heavy (non-hydrogen) atoms. The maximum Gasteiger partial charge on any atom is 0.316 e. The minimum Gasteiger partial charge on any atom is -0.380 e. The lowest BCUT2D eigenvalue weighted by Crippen LogP contribution is -2.19. The number of carbonyl (C=O) groups is 2. The Hall–Kier alpha value is -2.89. The number of nitrogens with one attached hydrogen (secondary N) is 2. The zero-order valence-corrected chi connectivity index (χ0v) is 12.0. The lowest BCUT2D eigenvalue weighted by atomic mass is 10.1. The van der Waals surface area contributed by atoms with Crippen molar-refractivity contribution < 1.29 is 14.0 Å². The van der Waals surface area contributed by atoms with Crippen LogP contribution in [0.5, 0.6) is 0 Å². The summed E-state index contributed by atoms with van der Waals surface area (Å²) < 4.78 is 13.7. The van der Waals surface area contributed by atoms with Crippen LogP contribution in [0.15, 0.2) is 42.5 Å². The molecule has 0 spiro atoms. The number of urea groups is 1. The molecule has 4 N–H and O–H groups in total. The number of benzene rings is 2. The molecule has 0 fully saturated rings. The van der Waals surface area contributed by atoms with Crippen LogP contribution in [0.1, 0.15) is 22.8 Å². The molecule has 2 aromatic carbocycles. The second kappa shape index (κ2) is 6.71. The van der Waals surface area contributed by atoms with Crippen LogP contribution in [0.4, 0.5) is 20.6 Å². The quantitative estimate of drug-likeness (QED) is 0.742. The van der Waals surface area contributed by atoms with Gasteiger partial charge in [-0.1, -0.05) is 18.2 Å². The first-order valence-corrected chi connectivity index (χ1v) is 6.66. The van der Waals surface area contributed by atoms with Gasteiger partial charge in [0, 0.05) is 17.9 Å². The molecule has 0 atom stereocenters. The smallest absolute Gasteiger partial charge is 0.316 e. The molecule has 0 aliphatic rings. The molecule has 0 radical (unpaired) electrons. The summed E-state index contributed by atoms with van der Waals surface area (Å²) in [5.74, 6) is -0.875. The van der Waals surface area contributed by atoms with E-state index in [1.807, 2.05) is 0 Å². The maximum atomic E-state index is 13.7. The molecule has 0 saturated heterocycles. The highest BCUT2D eigenvalue weighted by Gasteiger charge is 2.12. The van der Waals surface area contributed by atoms with E-state index in [2.05, 4.69) is 10.6 Å². The Bertz CT molecular complexity index is 699. The van der Waals surface area contributed by atoms with Gasteiger partial charge in [0.2, 0.25) is 0 Å². The van der Waals surface area contributed by atoms with Crippen LogP contribution in [0, 0.1) is 5.82 Å². The number of halogens is 1. The number of anilines is 2. The molecule has 0 aliphatic carbocycles. The van der Waals surface area contributed by atoms with Gasteiger partial charge in [0.15, 0.2) is 5.78 Å². The van der Waals surface area contributed by atoms with E-state index in [9.17, 15) is 14.0 Å². The lowest BCUT2D eigenvalue weighted by molar-refractivity contribution is 0.101. The van der Waals surface area contributed by atoms with Crippen LogP contribution < -0.4 is 16.4 Å². The van der Waals surface area contributed by atoms with Gasteiger partial charge < -0.3 is 16.4 Å². The van der Waals surface area contributed by atoms with Crippen LogP contribution >= 0.6 is 0 Å². The first kappa shape index (κ1) is 15.5. The first-order chi connectivity index (χ1) is 10.5. The number of rotatable bonds is 5. The molecule has 5 nitrogen and oxygen atoms in total. The van der Waals surface area contributed by atoms with Crippen LogP contribution in [0.25, 0.3) is 0 Å². The van der Waals surface area contributed by atoms with Crippen molar-refractivity contribution in [3.05, 3.63) is 59.4 Å². The van der Waals surface area contributed by atoms with Gasteiger partial charge in [-0.15, -0.1) is 0 Å². The van der Waals surface area contributed by atoms with Gasteiger partial charge in [0.05, 0.1) is 5.56 Å². The summed E-state index contributed by atoms with van der Waals surface area (Å²) in [7, 11) is 0. The van der Waals surface area contributed by atoms with Gasteiger partial charge in [-0.25, -0.2) is 9.18 Å². The summed E-state index contributed by atoms with van der Waals surface area (Å²) in [6, 6.07) is 10.8. The van der Waals surface area contributed by atoms with Crippen molar-refractivity contribution >= 4 is 23.2 Å². The van der Waals surface area contributed by atoms with Gasteiger partial charge in [-0.3, -0.25) is 4.79 Å². The van der Waals surface area contributed by atoms with E-state index in [1.54, 1.807) is 36.4 Å². The first-order valence-electron chi connectivity index (χ1n) is 6.66. The maximum absolute atomic E-state index is 13.7. The van der Waals surface area contributed by atoms with E-state index in [4.69, 9.17) is 5.73 Å². The van der Waals surface area contributed by atoms with Crippen LogP contribution in [0.2, 0.25) is 0 Å². The van der Waals surface area contributed by atoms with Gasteiger partial charge >= 0.3 is 6.03 Å². The SMILES string of the molecule is CC(=O)c1c(F)cccc1NCc1ccc(NC(N)=O)cc1. The summed E-state index contributed by atoms with van der Waals surface area (Å²) >= 11 is 0. The van der Waals surface area contributed by atoms with Crippen LogP contribution in [-0.4, -0.2) is 11.8 Å². The monoisotopic (exact) mass is 301 g/mol. The molecule has 0 unspecified atom stereocenters. The Balaban J connectivity index is 2.09. The minimum atomic E-state index is -0.628. The number of primary amides is 1. The van der Waals surface area contributed by atoms with Gasteiger partial charge in [-0.2, -0.15) is 0 Å². The predicted molar refractivity (Wildman–Crippen MR) is 83.4 cm³/mol. The van der Waals surface area contributed by atoms with E-state index in [0.29, 0.717) is 17.9 Å². The van der Waals surface area contributed by atoms with E-state index >= 15 is 0 Å². The highest BCUT2D eigenvalue weighted by atomic mass is 19.1. The van der Waals surface area contributed by atoms with Crippen molar-refractivity contribution in [1.29, 1.82) is 0 Å². The van der Waals surface area contributed by atoms with E-state index < -0.39 is 11.8 Å². The van der Waals surface area contributed by atoms with Crippen molar-refractivity contribution in [2.24, 2.45) is 5.73 Å². The average Bonchev–Trinajstić information content (AvgIpc) is 2.45. The van der Waals surface area contributed by atoms with Crippen molar-refractivity contribution in [1.82, 2.24) is 0 Å².